The van der Waals surface area contributed by atoms with E-state index in [0.29, 0.717) is 25.0 Å². The summed E-state index contributed by atoms with van der Waals surface area (Å²) in [6.45, 7) is 6.10. The summed E-state index contributed by atoms with van der Waals surface area (Å²) in [6, 6.07) is 14.5. The van der Waals surface area contributed by atoms with E-state index in [1.165, 1.54) is 5.39 Å². The molecule has 0 bridgehead atoms. The highest BCUT2D eigenvalue weighted by atomic mass is 16.5. The van der Waals surface area contributed by atoms with Crippen LogP contribution < -0.4 is 0 Å². The smallest absolute Gasteiger partial charge is 0.335 e. The van der Waals surface area contributed by atoms with E-state index in [2.05, 4.69) is 31.2 Å². The number of rotatable bonds is 9. The van der Waals surface area contributed by atoms with Crippen molar-refractivity contribution < 1.29 is 23.8 Å². The highest BCUT2D eigenvalue weighted by Crippen LogP contribution is 2.30. The van der Waals surface area contributed by atoms with Crippen molar-refractivity contribution in [1.29, 1.82) is 0 Å². The molecule has 0 spiro atoms. The van der Waals surface area contributed by atoms with Gasteiger partial charge in [0.1, 0.15) is 11.5 Å². The van der Waals surface area contributed by atoms with Gasteiger partial charge in [-0.2, -0.15) is 0 Å². The van der Waals surface area contributed by atoms with Crippen LogP contribution in [0.25, 0.3) is 22.2 Å². The van der Waals surface area contributed by atoms with Gasteiger partial charge in [0.25, 0.3) is 0 Å². The van der Waals surface area contributed by atoms with E-state index < -0.39 is 11.6 Å². The van der Waals surface area contributed by atoms with E-state index in [1.807, 2.05) is 18.2 Å². The van der Waals surface area contributed by atoms with Crippen LogP contribution in [0.2, 0.25) is 0 Å². The molecule has 1 saturated carbocycles. The lowest BCUT2D eigenvalue weighted by Gasteiger charge is -2.31. The van der Waals surface area contributed by atoms with Crippen LogP contribution >= 0.6 is 0 Å². The first-order chi connectivity index (χ1) is 15.9. The largest absolute Gasteiger partial charge is 0.479 e. The van der Waals surface area contributed by atoms with Gasteiger partial charge in [-0.15, -0.1) is 0 Å². The Labute approximate surface area is 194 Å². The van der Waals surface area contributed by atoms with E-state index in [-0.39, 0.29) is 6.10 Å². The molecule has 3 aromatic rings. The summed E-state index contributed by atoms with van der Waals surface area (Å²) in [5.74, 6) is 0.851. The Balaban J connectivity index is 1.38. The van der Waals surface area contributed by atoms with E-state index >= 15 is 0 Å². The number of nitrogens with zero attached hydrogens (tertiary/aromatic N) is 1. The summed E-state index contributed by atoms with van der Waals surface area (Å²) < 4.78 is 18.0. The molecule has 0 saturated heterocycles. The molecular formula is C27H33NO5. The topological polar surface area (TPSA) is 81.8 Å². The molecule has 6 heteroatoms. The van der Waals surface area contributed by atoms with Crippen LogP contribution in [0.4, 0.5) is 0 Å². The van der Waals surface area contributed by atoms with E-state index in [0.717, 1.165) is 54.5 Å². The van der Waals surface area contributed by atoms with Gasteiger partial charge in [0.05, 0.1) is 19.3 Å². The Bertz CT molecular complexity index is 1100. The van der Waals surface area contributed by atoms with Crippen molar-refractivity contribution in [2.45, 2.75) is 71.2 Å². The van der Waals surface area contributed by atoms with Crippen molar-refractivity contribution in [3.05, 3.63) is 53.9 Å². The molecule has 1 aliphatic rings. The maximum Gasteiger partial charge on any atom is 0.335 e. The Morgan fingerprint density at radius 3 is 2.73 bits per heavy atom. The molecule has 1 N–H and O–H groups in total. The molecule has 6 nitrogen and oxygen atoms in total. The predicted molar refractivity (Wildman–Crippen MR) is 127 cm³/mol. The van der Waals surface area contributed by atoms with Gasteiger partial charge in [0, 0.05) is 12.0 Å². The highest BCUT2D eigenvalue weighted by Gasteiger charge is 2.31. The third kappa shape index (κ3) is 5.63. The fourth-order valence-electron chi connectivity index (χ4n) is 4.35. The lowest BCUT2D eigenvalue weighted by Crippen LogP contribution is -2.37. The van der Waals surface area contributed by atoms with Crippen molar-refractivity contribution in [2.75, 3.05) is 6.61 Å². The average Bonchev–Trinajstić information content (AvgIpc) is 3.25. The summed E-state index contributed by atoms with van der Waals surface area (Å²) in [5, 5.41) is 11.6. The van der Waals surface area contributed by atoms with E-state index in [9.17, 15) is 9.90 Å². The zero-order valence-electron chi connectivity index (χ0n) is 19.7. The second kappa shape index (κ2) is 10.1. The molecule has 1 heterocycles. The summed E-state index contributed by atoms with van der Waals surface area (Å²) in [4.78, 5) is 16.0. The standard InChI is InChI=1S/C27H33NO5/c1-4-24-23(28-25(33-24)21-13-12-19-9-5-6-10-20(19)15-21)17-31-22-11-7-8-18(14-22)16-32-27(2,3)26(29)30/h5-6,9-10,12-13,15,18,22H,4,7-8,11,14,16-17H2,1-3H3,(H,29,30)/t18-,22?/m1/s1. The second-order valence-electron chi connectivity index (χ2n) is 9.40. The number of hydrogen-bond acceptors (Lipinski definition) is 5. The number of carbonyl (C=O) groups is 1. The predicted octanol–water partition coefficient (Wildman–Crippen LogP) is 6.01. The Morgan fingerprint density at radius 1 is 1.18 bits per heavy atom. The van der Waals surface area contributed by atoms with Crippen LogP contribution in [0.5, 0.6) is 0 Å². The fourth-order valence-corrected chi connectivity index (χ4v) is 4.35. The Kier molecular flexibility index (Phi) is 7.15. The summed E-state index contributed by atoms with van der Waals surface area (Å²) in [7, 11) is 0. The first-order valence-electron chi connectivity index (χ1n) is 11.8. The molecule has 0 radical (unpaired) electrons. The molecule has 1 aromatic heterocycles. The number of ether oxygens (including phenoxy) is 2. The number of aliphatic carboxylic acids is 1. The Hall–Kier alpha value is -2.70. The summed E-state index contributed by atoms with van der Waals surface area (Å²) in [6.07, 6.45) is 4.82. The van der Waals surface area contributed by atoms with Crippen LogP contribution in [-0.4, -0.2) is 34.4 Å². The number of hydrogen-bond donors (Lipinski definition) is 1. The number of aromatic nitrogens is 1. The lowest BCUT2D eigenvalue weighted by molar-refractivity contribution is -0.163. The molecule has 0 amide bonds. The van der Waals surface area contributed by atoms with Gasteiger partial charge >= 0.3 is 5.97 Å². The van der Waals surface area contributed by atoms with Crippen LogP contribution in [0.1, 0.15) is 57.9 Å². The van der Waals surface area contributed by atoms with Crippen molar-refractivity contribution in [2.24, 2.45) is 5.92 Å². The third-order valence-corrected chi connectivity index (χ3v) is 6.48. The minimum absolute atomic E-state index is 0.116. The maximum absolute atomic E-state index is 11.3. The molecule has 4 rings (SSSR count). The zero-order chi connectivity index (χ0) is 23.4. The molecular weight excluding hydrogens is 418 g/mol. The molecule has 2 aromatic carbocycles. The van der Waals surface area contributed by atoms with Crippen LogP contribution in [0.3, 0.4) is 0 Å². The van der Waals surface area contributed by atoms with Crippen LogP contribution in [0.15, 0.2) is 46.9 Å². The molecule has 1 fully saturated rings. The molecule has 1 unspecified atom stereocenters. The normalized spacial score (nSPS) is 19.1. The second-order valence-corrected chi connectivity index (χ2v) is 9.40. The van der Waals surface area contributed by atoms with Gasteiger partial charge in [-0.3, -0.25) is 0 Å². The third-order valence-electron chi connectivity index (χ3n) is 6.48. The first-order valence-corrected chi connectivity index (χ1v) is 11.8. The van der Waals surface area contributed by atoms with E-state index in [4.69, 9.17) is 18.9 Å². The monoisotopic (exact) mass is 451 g/mol. The molecule has 33 heavy (non-hydrogen) atoms. The highest BCUT2D eigenvalue weighted by molar-refractivity contribution is 5.86. The molecule has 1 aliphatic carbocycles. The number of benzene rings is 2. The molecule has 2 atom stereocenters. The summed E-state index contributed by atoms with van der Waals surface area (Å²) >= 11 is 0. The summed E-state index contributed by atoms with van der Waals surface area (Å²) in [5.41, 5.74) is 0.653. The van der Waals surface area contributed by atoms with Gasteiger partial charge in [0.15, 0.2) is 5.60 Å². The van der Waals surface area contributed by atoms with Crippen molar-refractivity contribution >= 4 is 16.7 Å². The zero-order valence-corrected chi connectivity index (χ0v) is 19.7. The number of aryl methyl sites for hydroxylation is 1. The van der Waals surface area contributed by atoms with E-state index in [1.54, 1.807) is 13.8 Å². The van der Waals surface area contributed by atoms with Crippen molar-refractivity contribution in [1.82, 2.24) is 4.98 Å². The number of carboxylic acid groups (broad SMARTS) is 1. The SMILES string of the molecule is CCc1oc(-c2ccc3ccccc3c2)nc1COC1CCC[C@@H](COC(C)(C)C(=O)O)C1. The van der Waals surface area contributed by atoms with Gasteiger partial charge in [-0.25, -0.2) is 9.78 Å². The quantitative estimate of drug-likeness (QED) is 0.429. The van der Waals surface area contributed by atoms with Gasteiger partial charge in [0.2, 0.25) is 5.89 Å². The number of fused-ring (bicyclic) bond motifs is 1. The first kappa shape index (κ1) is 23.5. The van der Waals surface area contributed by atoms with Crippen molar-refractivity contribution in [3.63, 3.8) is 0 Å². The maximum atomic E-state index is 11.3. The fraction of sp³-hybridized carbons (Fsp3) is 0.481. The minimum atomic E-state index is -1.16. The van der Waals surface area contributed by atoms with Crippen molar-refractivity contribution in [3.8, 4) is 11.5 Å². The van der Waals surface area contributed by atoms with Gasteiger partial charge in [-0.1, -0.05) is 43.7 Å². The van der Waals surface area contributed by atoms with Gasteiger partial charge in [-0.05, 0) is 61.9 Å². The van der Waals surface area contributed by atoms with Gasteiger partial charge < -0.3 is 19.0 Å². The average molecular weight is 452 g/mol. The Morgan fingerprint density at radius 2 is 1.97 bits per heavy atom. The molecule has 0 aliphatic heterocycles. The van der Waals surface area contributed by atoms with Crippen LogP contribution in [0, 0.1) is 5.92 Å². The molecule has 176 valence electrons. The lowest BCUT2D eigenvalue weighted by atomic mass is 9.87. The van der Waals surface area contributed by atoms with Crippen LogP contribution in [-0.2, 0) is 27.3 Å². The number of oxazole rings is 1. The minimum Gasteiger partial charge on any atom is -0.479 e. The number of carboxylic acids is 1.